The van der Waals surface area contributed by atoms with Gasteiger partial charge in [-0.25, -0.2) is 4.98 Å². The van der Waals surface area contributed by atoms with E-state index in [-0.39, 0.29) is 0 Å². The summed E-state index contributed by atoms with van der Waals surface area (Å²) in [6.07, 6.45) is 11.3. The van der Waals surface area contributed by atoms with Gasteiger partial charge in [-0.1, -0.05) is 12.8 Å². The monoisotopic (exact) mass is 385 g/mol. The molecule has 2 aliphatic carbocycles. The summed E-state index contributed by atoms with van der Waals surface area (Å²) in [5.74, 6) is 3.28. The molecule has 3 aliphatic rings. The van der Waals surface area contributed by atoms with Crippen molar-refractivity contribution in [3.05, 3.63) is 23.9 Å². The first-order valence-electron chi connectivity index (χ1n) is 11.1. The van der Waals surface area contributed by atoms with Crippen LogP contribution in [0.2, 0.25) is 0 Å². The molecule has 4 rings (SSSR count). The second-order valence-electron chi connectivity index (χ2n) is 8.72. The van der Waals surface area contributed by atoms with Gasteiger partial charge in [0.1, 0.15) is 0 Å². The molecular weight excluding hydrogens is 350 g/mol. The van der Waals surface area contributed by atoms with Crippen molar-refractivity contribution in [1.82, 2.24) is 20.5 Å². The second kappa shape index (κ2) is 9.59. The van der Waals surface area contributed by atoms with E-state index in [1.807, 2.05) is 25.4 Å². The molecule has 1 atom stereocenters. The van der Waals surface area contributed by atoms with Gasteiger partial charge in [-0.15, -0.1) is 0 Å². The highest BCUT2D eigenvalue weighted by Gasteiger charge is 2.26. The van der Waals surface area contributed by atoms with Crippen LogP contribution in [0.4, 0.5) is 0 Å². The largest absolute Gasteiger partial charge is 0.477 e. The molecule has 0 aromatic carbocycles. The summed E-state index contributed by atoms with van der Waals surface area (Å²) in [6, 6.07) is 4.55. The standard InChI is InChI=1S/C22H35N5O/c1-23-22(26-20-9-11-27(15-20)14-17-4-2-3-5-17)25-13-19-8-10-24-21(12-19)28-16-18-6-7-18/h8,10,12,17-18,20H,2-7,9,11,13-16H2,1H3,(H2,23,25,26). The van der Waals surface area contributed by atoms with Crippen LogP contribution in [0.1, 0.15) is 50.5 Å². The number of pyridine rings is 1. The number of ether oxygens (including phenoxy) is 1. The lowest BCUT2D eigenvalue weighted by atomic mass is 10.1. The van der Waals surface area contributed by atoms with E-state index in [4.69, 9.17) is 4.74 Å². The molecule has 1 aromatic rings. The predicted octanol–water partition coefficient (Wildman–Crippen LogP) is 2.80. The van der Waals surface area contributed by atoms with E-state index < -0.39 is 0 Å². The molecule has 1 aliphatic heterocycles. The van der Waals surface area contributed by atoms with Crippen molar-refractivity contribution in [3.8, 4) is 5.88 Å². The summed E-state index contributed by atoms with van der Waals surface area (Å²) in [6.45, 7) is 5.14. The number of rotatable bonds is 8. The van der Waals surface area contributed by atoms with Crippen molar-refractivity contribution in [3.63, 3.8) is 0 Å². The van der Waals surface area contributed by atoms with Crippen LogP contribution in [0, 0.1) is 11.8 Å². The van der Waals surface area contributed by atoms with Crippen LogP contribution < -0.4 is 15.4 Å². The smallest absolute Gasteiger partial charge is 0.213 e. The van der Waals surface area contributed by atoms with Crippen LogP contribution in [0.3, 0.4) is 0 Å². The Kier molecular flexibility index (Phi) is 6.68. The summed E-state index contributed by atoms with van der Waals surface area (Å²) < 4.78 is 5.79. The van der Waals surface area contributed by atoms with Crippen LogP contribution in [-0.2, 0) is 6.54 Å². The van der Waals surface area contributed by atoms with Crippen molar-refractivity contribution in [2.45, 2.75) is 57.5 Å². The number of guanidine groups is 1. The first-order valence-corrected chi connectivity index (χ1v) is 11.1. The van der Waals surface area contributed by atoms with E-state index >= 15 is 0 Å². The van der Waals surface area contributed by atoms with Crippen LogP contribution in [0.5, 0.6) is 5.88 Å². The third-order valence-corrected chi connectivity index (χ3v) is 6.25. The van der Waals surface area contributed by atoms with Crippen molar-refractivity contribution in [1.29, 1.82) is 0 Å². The molecule has 1 unspecified atom stereocenters. The Bertz CT molecular complexity index is 654. The number of aliphatic imine (C=N–C) groups is 1. The van der Waals surface area contributed by atoms with E-state index in [1.54, 1.807) is 0 Å². The predicted molar refractivity (Wildman–Crippen MR) is 113 cm³/mol. The Labute approximate surface area is 169 Å². The number of nitrogens with one attached hydrogen (secondary N) is 2. The van der Waals surface area contributed by atoms with Gasteiger partial charge < -0.3 is 20.3 Å². The first kappa shape index (κ1) is 19.5. The molecule has 2 heterocycles. The lowest BCUT2D eigenvalue weighted by Gasteiger charge is -2.21. The van der Waals surface area contributed by atoms with Crippen molar-refractivity contribution in [2.75, 3.05) is 33.3 Å². The molecule has 0 radical (unpaired) electrons. The highest BCUT2D eigenvalue weighted by Crippen LogP contribution is 2.29. The third-order valence-electron chi connectivity index (χ3n) is 6.25. The van der Waals surface area contributed by atoms with Gasteiger partial charge in [0.25, 0.3) is 0 Å². The molecule has 0 bridgehead atoms. The molecule has 154 valence electrons. The zero-order chi connectivity index (χ0) is 19.2. The number of hydrogen-bond donors (Lipinski definition) is 2. The minimum atomic E-state index is 0.488. The van der Waals surface area contributed by atoms with Gasteiger partial charge in [-0.2, -0.15) is 0 Å². The molecular formula is C22H35N5O. The van der Waals surface area contributed by atoms with Gasteiger partial charge in [0, 0.05) is 51.5 Å². The van der Waals surface area contributed by atoms with Crippen molar-refractivity contribution < 1.29 is 4.74 Å². The van der Waals surface area contributed by atoms with E-state index in [0.717, 1.165) is 48.9 Å². The zero-order valence-electron chi connectivity index (χ0n) is 17.2. The molecule has 2 saturated carbocycles. The van der Waals surface area contributed by atoms with Gasteiger partial charge in [-0.05, 0) is 55.6 Å². The number of likely N-dealkylation sites (tertiary alicyclic amines) is 1. The zero-order valence-corrected chi connectivity index (χ0v) is 17.2. The number of nitrogens with zero attached hydrogens (tertiary/aromatic N) is 3. The molecule has 28 heavy (non-hydrogen) atoms. The average molecular weight is 386 g/mol. The fourth-order valence-electron chi connectivity index (χ4n) is 4.38. The second-order valence-corrected chi connectivity index (χ2v) is 8.72. The maximum absolute atomic E-state index is 5.79. The van der Waals surface area contributed by atoms with Gasteiger partial charge >= 0.3 is 0 Å². The molecule has 1 saturated heterocycles. The van der Waals surface area contributed by atoms with Gasteiger partial charge in [0.15, 0.2) is 5.96 Å². The average Bonchev–Trinajstić information content (AvgIpc) is 3.21. The Morgan fingerprint density at radius 3 is 2.86 bits per heavy atom. The van der Waals surface area contributed by atoms with E-state index in [2.05, 4.69) is 25.5 Å². The Morgan fingerprint density at radius 2 is 2.07 bits per heavy atom. The quantitative estimate of drug-likeness (QED) is 0.532. The van der Waals surface area contributed by atoms with Crippen molar-refractivity contribution in [2.24, 2.45) is 16.8 Å². The SMILES string of the molecule is CN=C(NCc1ccnc(OCC2CC2)c1)NC1CCN(CC2CCCC2)C1. The fraction of sp³-hybridized carbons (Fsp3) is 0.727. The van der Waals surface area contributed by atoms with Gasteiger partial charge in [0.05, 0.1) is 6.61 Å². The molecule has 6 nitrogen and oxygen atoms in total. The number of hydrogen-bond acceptors (Lipinski definition) is 4. The fourth-order valence-corrected chi connectivity index (χ4v) is 4.38. The Morgan fingerprint density at radius 1 is 1.21 bits per heavy atom. The summed E-state index contributed by atoms with van der Waals surface area (Å²) >= 11 is 0. The highest BCUT2D eigenvalue weighted by molar-refractivity contribution is 5.80. The minimum absolute atomic E-state index is 0.488. The van der Waals surface area contributed by atoms with E-state index in [0.29, 0.717) is 6.04 Å². The van der Waals surface area contributed by atoms with E-state index in [1.165, 1.54) is 58.0 Å². The lowest BCUT2D eigenvalue weighted by molar-refractivity contribution is 0.275. The lowest BCUT2D eigenvalue weighted by Crippen LogP contribution is -2.44. The molecule has 1 aromatic heterocycles. The van der Waals surface area contributed by atoms with Crippen LogP contribution >= 0.6 is 0 Å². The maximum Gasteiger partial charge on any atom is 0.213 e. The maximum atomic E-state index is 5.79. The topological polar surface area (TPSA) is 61.8 Å². The highest BCUT2D eigenvalue weighted by atomic mass is 16.5. The summed E-state index contributed by atoms with van der Waals surface area (Å²) in [7, 11) is 1.84. The molecule has 2 N–H and O–H groups in total. The van der Waals surface area contributed by atoms with Gasteiger partial charge in [-0.3, -0.25) is 4.99 Å². The van der Waals surface area contributed by atoms with Crippen LogP contribution in [-0.4, -0.2) is 55.2 Å². The molecule has 6 heteroatoms. The van der Waals surface area contributed by atoms with Crippen LogP contribution in [0.25, 0.3) is 0 Å². The van der Waals surface area contributed by atoms with Crippen molar-refractivity contribution >= 4 is 5.96 Å². The first-order chi connectivity index (χ1) is 13.8. The minimum Gasteiger partial charge on any atom is -0.477 e. The Hall–Kier alpha value is -1.82. The van der Waals surface area contributed by atoms with Gasteiger partial charge in [0.2, 0.25) is 5.88 Å². The van der Waals surface area contributed by atoms with E-state index in [9.17, 15) is 0 Å². The molecule has 0 spiro atoms. The van der Waals surface area contributed by atoms with Crippen LogP contribution in [0.15, 0.2) is 23.3 Å². The summed E-state index contributed by atoms with van der Waals surface area (Å²) in [5, 5.41) is 7.05. The third kappa shape index (κ3) is 5.84. The normalized spacial score (nSPS) is 23.9. The molecule has 3 fully saturated rings. The Balaban J connectivity index is 1.20. The number of aromatic nitrogens is 1. The summed E-state index contributed by atoms with van der Waals surface area (Å²) in [5.41, 5.74) is 1.16. The molecule has 0 amide bonds. The summed E-state index contributed by atoms with van der Waals surface area (Å²) in [4.78, 5) is 11.4.